The van der Waals surface area contributed by atoms with Crippen molar-refractivity contribution in [3.63, 3.8) is 0 Å². The number of nitrogens with zero attached hydrogens (tertiary/aromatic N) is 1. The summed E-state index contributed by atoms with van der Waals surface area (Å²) < 4.78 is 0. The minimum absolute atomic E-state index is 0.145. The van der Waals surface area contributed by atoms with Crippen LogP contribution in [0.2, 0.25) is 0 Å². The number of carbonyl (C=O) groups excluding carboxylic acids is 2. The molecule has 4 saturated carbocycles. The fraction of sp³-hybridized carbons (Fsp3) is 0.658. The van der Waals surface area contributed by atoms with Gasteiger partial charge in [-0.3, -0.25) is 9.79 Å². The molecule has 3 heteroatoms. The average Bonchev–Trinajstić information content (AvgIpc) is 3.18. The number of aliphatic imine (C=N–C) groups is 1. The normalized spacial score (nSPS) is 40.8. The monoisotopic (exact) mass is 553 g/mol. The number of allylic oxidation sites excluding steroid dienone is 3. The Morgan fingerprint density at radius 1 is 0.976 bits per heavy atom. The van der Waals surface area contributed by atoms with Gasteiger partial charge in [-0.2, -0.15) is 0 Å². The third kappa shape index (κ3) is 4.74. The number of ketones is 1. The van der Waals surface area contributed by atoms with E-state index in [4.69, 9.17) is 4.99 Å². The molecule has 4 fully saturated rings. The molecule has 220 valence electrons. The number of rotatable bonds is 6. The second-order valence-corrected chi connectivity index (χ2v) is 15.4. The molecule has 1 aromatic carbocycles. The maximum atomic E-state index is 13.2. The number of carbonyl (C=O) groups is 2. The predicted molar refractivity (Wildman–Crippen MR) is 168 cm³/mol. The van der Waals surface area contributed by atoms with Crippen molar-refractivity contribution in [3.05, 3.63) is 59.2 Å². The molecule has 0 spiro atoms. The van der Waals surface area contributed by atoms with E-state index in [0.717, 1.165) is 49.5 Å². The highest BCUT2D eigenvalue weighted by Crippen LogP contribution is 2.69. The van der Waals surface area contributed by atoms with Crippen molar-refractivity contribution in [3.8, 4) is 0 Å². The Bertz CT molecular complexity index is 1260. The first-order chi connectivity index (χ1) is 19.6. The zero-order valence-corrected chi connectivity index (χ0v) is 26.1. The first-order valence-electron chi connectivity index (χ1n) is 16.6. The van der Waals surface area contributed by atoms with Crippen LogP contribution in [0.15, 0.2) is 53.1 Å². The molecule has 4 aliphatic carbocycles. The van der Waals surface area contributed by atoms with Gasteiger partial charge in [0.25, 0.3) is 0 Å². The van der Waals surface area contributed by atoms with Gasteiger partial charge in [0, 0.05) is 19.1 Å². The zero-order chi connectivity index (χ0) is 29.0. The van der Waals surface area contributed by atoms with Crippen molar-refractivity contribution in [2.75, 3.05) is 0 Å². The van der Waals surface area contributed by atoms with Gasteiger partial charge in [0.05, 0.1) is 11.5 Å². The van der Waals surface area contributed by atoms with Crippen LogP contribution in [0.25, 0.3) is 0 Å². The Labute approximate surface area is 248 Å². The maximum absolute atomic E-state index is 13.2. The molecule has 0 bridgehead atoms. The van der Waals surface area contributed by atoms with Gasteiger partial charge < -0.3 is 4.79 Å². The van der Waals surface area contributed by atoms with Crippen LogP contribution < -0.4 is 0 Å². The molecule has 4 unspecified atom stereocenters. The molecule has 9 atom stereocenters. The van der Waals surface area contributed by atoms with Crippen LogP contribution in [0, 0.1) is 46.3 Å². The van der Waals surface area contributed by atoms with E-state index in [2.05, 4.69) is 77.1 Å². The average molecular weight is 554 g/mol. The Morgan fingerprint density at radius 3 is 2.46 bits per heavy atom. The second kappa shape index (κ2) is 10.8. The molecule has 6 rings (SSSR count). The molecular weight excluding hydrogens is 502 g/mol. The molecule has 0 radical (unpaired) electrons. The molecule has 0 N–H and O–H groups in total. The summed E-state index contributed by atoms with van der Waals surface area (Å²) in [6.45, 7) is 11.8. The van der Waals surface area contributed by atoms with E-state index in [0.29, 0.717) is 34.9 Å². The van der Waals surface area contributed by atoms with Crippen molar-refractivity contribution in [1.82, 2.24) is 0 Å². The molecule has 0 aromatic heterocycles. The Morgan fingerprint density at radius 2 is 1.73 bits per heavy atom. The third-order valence-electron chi connectivity index (χ3n) is 12.9. The summed E-state index contributed by atoms with van der Waals surface area (Å²) in [5.74, 6) is 3.82. The van der Waals surface area contributed by atoms with Gasteiger partial charge in [-0.25, -0.2) is 0 Å². The van der Waals surface area contributed by atoms with E-state index in [1.54, 1.807) is 0 Å². The summed E-state index contributed by atoms with van der Waals surface area (Å²) in [5.41, 5.74) is 3.51. The van der Waals surface area contributed by atoms with Crippen LogP contribution in [0.3, 0.4) is 0 Å². The van der Waals surface area contributed by atoms with Gasteiger partial charge in [0.15, 0.2) is 0 Å². The van der Waals surface area contributed by atoms with Crippen molar-refractivity contribution in [2.24, 2.45) is 51.3 Å². The summed E-state index contributed by atoms with van der Waals surface area (Å²) in [6, 6.07) is 8.86. The molecular formula is C38H51NO2. The second-order valence-electron chi connectivity index (χ2n) is 15.4. The summed E-state index contributed by atoms with van der Waals surface area (Å²) in [5, 5.41) is 0. The molecule has 1 heterocycles. The quantitative estimate of drug-likeness (QED) is 0.331. The van der Waals surface area contributed by atoms with E-state index in [9.17, 15) is 9.59 Å². The molecule has 1 aliphatic heterocycles. The summed E-state index contributed by atoms with van der Waals surface area (Å²) >= 11 is 0. The standard InChI is InChI=1S/C38H51NO2/c1-25(2)21-27-8-10-28(11-9-27)34(24-40)38(23-26(3)7-6-20-39-38)35-15-14-32-31-13-12-29-22-30(41)16-18-36(29,4)33(31)17-19-37(32,35)5/h6-11,20,23-25,29,31-35H,12-19,21-22H2,1-5H3/t29?,31-,32-,33-,34?,35?,36-,37-,38?/m0/s1. The fourth-order valence-electron chi connectivity index (χ4n) is 11.0. The third-order valence-corrected chi connectivity index (χ3v) is 12.9. The van der Waals surface area contributed by atoms with Gasteiger partial charge in [-0.15, -0.1) is 0 Å². The van der Waals surface area contributed by atoms with Crippen LogP contribution in [0.4, 0.5) is 0 Å². The van der Waals surface area contributed by atoms with Crippen LogP contribution in [-0.2, 0) is 16.0 Å². The van der Waals surface area contributed by atoms with Crippen molar-refractivity contribution in [1.29, 1.82) is 0 Å². The number of fused-ring (bicyclic) bond motifs is 5. The molecule has 0 amide bonds. The number of hydrogen-bond donors (Lipinski definition) is 0. The van der Waals surface area contributed by atoms with E-state index in [1.807, 2.05) is 6.21 Å². The van der Waals surface area contributed by atoms with Crippen LogP contribution in [0.1, 0.15) is 109 Å². The highest BCUT2D eigenvalue weighted by molar-refractivity contribution is 5.79. The highest BCUT2D eigenvalue weighted by Gasteiger charge is 2.64. The van der Waals surface area contributed by atoms with Crippen LogP contribution in [-0.4, -0.2) is 23.8 Å². The SMILES string of the molecule is CC1=CC(C(C=O)c2ccc(CC(C)C)cc2)(C2CC[C@H]3[C@@H]4CCC5CC(=O)CC[C@]5(C)[C@H]4CC[C@]23C)N=CC=C1. The van der Waals surface area contributed by atoms with E-state index in [1.165, 1.54) is 49.5 Å². The topological polar surface area (TPSA) is 46.5 Å². The van der Waals surface area contributed by atoms with E-state index >= 15 is 0 Å². The molecule has 3 nitrogen and oxygen atoms in total. The minimum atomic E-state index is -0.580. The molecule has 1 aromatic rings. The maximum Gasteiger partial charge on any atom is 0.133 e. The van der Waals surface area contributed by atoms with Gasteiger partial charge in [-0.05, 0) is 122 Å². The lowest BCUT2D eigenvalue weighted by molar-refractivity contribution is -0.140. The molecule has 5 aliphatic rings. The van der Waals surface area contributed by atoms with Crippen LogP contribution >= 0.6 is 0 Å². The summed E-state index contributed by atoms with van der Waals surface area (Å²) in [4.78, 5) is 31.0. The predicted octanol–water partition coefficient (Wildman–Crippen LogP) is 8.72. The largest absolute Gasteiger partial charge is 0.303 e. The van der Waals surface area contributed by atoms with Crippen molar-refractivity contribution in [2.45, 2.75) is 110 Å². The number of benzene rings is 1. The Kier molecular flexibility index (Phi) is 7.56. The number of aldehydes is 1. The first-order valence-corrected chi connectivity index (χ1v) is 16.6. The van der Waals surface area contributed by atoms with Crippen LogP contribution in [0.5, 0.6) is 0 Å². The smallest absolute Gasteiger partial charge is 0.133 e. The zero-order valence-electron chi connectivity index (χ0n) is 26.1. The lowest BCUT2D eigenvalue weighted by atomic mass is 9.44. The van der Waals surface area contributed by atoms with E-state index < -0.39 is 5.54 Å². The molecule has 0 saturated heterocycles. The minimum Gasteiger partial charge on any atom is -0.303 e. The highest BCUT2D eigenvalue weighted by atomic mass is 16.1. The summed E-state index contributed by atoms with van der Waals surface area (Å²) in [6.07, 6.45) is 20.8. The van der Waals surface area contributed by atoms with E-state index in [-0.39, 0.29) is 11.3 Å². The lowest BCUT2D eigenvalue weighted by Crippen LogP contribution is -2.56. The molecule has 41 heavy (non-hydrogen) atoms. The Hall–Kier alpha value is -2.29. The number of hydrogen-bond acceptors (Lipinski definition) is 3. The van der Waals surface area contributed by atoms with Crippen molar-refractivity contribution >= 4 is 18.3 Å². The fourth-order valence-corrected chi connectivity index (χ4v) is 11.0. The lowest BCUT2D eigenvalue weighted by Gasteiger charge is -2.61. The van der Waals surface area contributed by atoms with Gasteiger partial charge in [0.1, 0.15) is 12.1 Å². The van der Waals surface area contributed by atoms with Gasteiger partial charge >= 0.3 is 0 Å². The Balaban J connectivity index is 1.37. The number of Topliss-reactive ketones (excluding diaryl/α,β-unsaturated/α-hetero) is 1. The summed E-state index contributed by atoms with van der Waals surface area (Å²) in [7, 11) is 0. The van der Waals surface area contributed by atoms with Gasteiger partial charge in [-0.1, -0.05) is 69.7 Å². The van der Waals surface area contributed by atoms with Crippen molar-refractivity contribution < 1.29 is 9.59 Å². The van der Waals surface area contributed by atoms with Gasteiger partial charge in [0.2, 0.25) is 0 Å². The first kappa shape index (κ1) is 28.8.